The van der Waals surface area contributed by atoms with Gasteiger partial charge in [0.25, 0.3) is 0 Å². The summed E-state index contributed by atoms with van der Waals surface area (Å²) in [5.74, 6) is 5.33. The average Bonchev–Trinajstić information content (AvgIpc) is 2.59. The van der Waals surface area contributed by atoms with E-state index in [9.17, 15) is 4.79 Å². The Bertz CT molecular complexity index is 630. The number of benzene rings is 1. The summed E-state index contributed by atoms with van der Waals surface area (Å²) in [5.41, 5.74) is 7.84. The maximum absolute atomic E-state index is 11.8. The molecule has 0 aromatic heterocycles. The molecule has 0 aliphatic heterocycles. The van der Waals surface area contributed by atoms with Crippen LogP contribution in [0.4, 0.5) is 0 Å². The van der Waals surface area contributed by atoms with E-state index in [4.69, 9.17) is 37.4 Å². The summed E-state index contributed by atoms with van der Waals surface area (Å²) in [5, 5.41) is 0.489. The molecule has 7 nitrogen and oxygen atoms in total. The van der Waals surface area contributed by atoms with Crippen LogP contribution in [0.25, 0.3) is 0 Å². The molecule has 2 rings (SSSR count). The molecule has 8 heteroatoms. The van der Waals surface area contributed by atoms with Crippen LogP contribution in [0.5, 0.6) is 11.5 Å². The van der Waals surface area contributed by atoms with Crippen LogP contribution in [0.2, 0.25) is 5.02 Å². The molecule has 0 bridgehead atoms. The molecular weight excluding hydrogens is 346 g/mol. The lowest BCUT2D eigenvalue weighted by Gasteiger charge is -2.23. The molecule has 1 aromatic carbocycles. The third-order valence-electron chi connectivity index (χ3n) is 3.85. The number of carbonyl (C=O) groups is 1. The highest BCUT2D eigenvalue weighted by Crippen LogP contribution is 2.32. The second kappa shape index (κ2) is 9.39. The number of rotatable bonds is 7. The molecule has 1 aliphatic rings. The van der Waals surface area contributed by atoms with Gasteiger partial charge in [0.15, 0.2) is 5.70 Å². The van der Waals surface area contributed by atoms with Crippen LogP contribution >= 0.6 is 11.6 Å². The van der Waals surface area contributed by atoms with Gasteiger partial charge in [-0.1, -0.05) is 18.0 Å². The largest absolute Gasteiger partial charge is 0.489 e. The van der Waals surface area contributed by atoms with E-state index < -0.39 is 5.97 Å². The van der Waals surface area contributed by atoms with Gasteiger partial charge >= 0.3 is 5.97 Å². The van der Waals surface area contributed by atoms with E-state index in [1.165, 1.54) is 6.42 Å². The molecule has 0 unspecified atom stereocenters. The number of hydrogen-bond donors (Lipinski definition) is 3. The number of hydrogen-bond acceptors (Lipinski definition) is 7. The quantitative estimate of drug-likeness (QED) is 0.223. The molecular formula is C17H24ClN3O4. The smallest absolute Gasteiger partial charge is 0.361 e. The highest BCUT2D eigenvalue weighted by molar-refractivity contribution is 6.32. The first kappa shape index (κ1) is 19.2. The molecule has 1 aromatic rings. The van der Waals surface area contributed by atoms with Crippen molar-refractivity contribution >= 4 is 17.6 Å². The predicted molar refractivity (Wildman–Crippen MR) is 94.8 cm³/mol. The minimum absolute atomic E-state index is 0.148. The summed E-state index contributed by atoms with van der Waals surface area (Å²) in [6.07, 6.45) is 5.70. The van der Waals surface area contributed by atoms with Crippen LogP contribution < -0.4 is 26.5 Å². The lowest BCUT2D eigenvalue weighted by Crippen LogP contribution is -2.32. The Balaban J connectivity index is 2.13. The zero-order valence-electron chi connectivity index (χ0n) is 14.2. The Morgan fingerprint density at radius 3 is 2.68 bits per heavy atom. The van der Waals surface area contributed by atoms with Gasteiger partial charge in [0.2, 0.25) is 5.88 Å². The van der Waals surface area contributed by atoms with Gasteiger partial charge in [-0.05, 0) is 44.7 Å². The normalized spacial score (nSPS) is 16.0. The van der Waals surface area contributed by atoms with Gasteiger partial charge in [0.05, 0.1) is 17.7 Å². The van der Waals surface area contributed by atoms with Crippen LogP contribution in [-0.2, 0) is 9.53 Å². The second-order valence-corrected chi connectivity index (χ2v) is 6.08. The third kappa shape index (κ3) is 5.44. The SMILES string of the molecule is CCOC(=O)/C(NN)=C(/N)Oc1ccc(Cl)c(OC2CCCCC2)c1. The second-order valence-electron chi connectivity index (χ2n) is 5.68. The van der Waals surface area contributed by atoms with Crippen LogP contribution in [0.15, 0.2) is 29.8 Å². The van der Waals surface area contributed by atoms with Gasteiger partial charge in [-0.3, -0.25) is 5.84 Å². The van der Waals surface area contributed by atoms with E-state index in [0.29, 0.717) is 16.5 Å². The minimum Gasteiger partial charge on any atom is -0.489 e. The van der Waals surface area contributed by atoms with Crippen molar-refractivity contribution in [1.82, 2.24) is 5.43 Å². The molecule has 0 atom stereocenters. The van der Waals surface area contributed by atoms with Crippen molar-refractivity contribution in [3.8, 4) is 11.5 Å². The summed E-state index contributed by atoms with van der Waals surface area (Å²) in [6, 6.07) is 4.92. The van der Waals surface area contributed by atoms with Crippen molar-refractivity contribution in [2.75, 3.05) is 6.61 Å². The van der Waals surface area contributed by atoms with Crippen molar-refractivity contribution in [3.63, 3.8) is 0 Å². The molecule has 0 saturated heterocycles. The van der Waals surface area contributed by atoms with Gasteiger partial charge in [-0.15, -0.1) is 0 Å². The number of carbonyl (C=O) groups excluding carboxylic acids is 1. The van der Waals surface area contributed by atoms with Crippen molar-refractivity contribution in [2.45, 2.75) is 45.1 Å². The van der Waals surface area contributed by atoms with E-state index in [2.05, 4.69) is 5.43 Å². The number of hydrazine groups is 1. The van der Waals surface area contributed by atoms with Crippen LogP contribution in [0, 0.1) is 0 Å². The number of esters is 1. The summed E-state index contributed by atoms with van der Waals surface area (Å²) < 4.78 is 16.3. The third-order valence-corrected chi connectivity index (χ3v) is 4.16. The fourth-order valence-corrected chi connectivity index (χ4v) is 2.77. The topological polar surface area (TPSA) is 109 Å². The molecule has 0 heterocycles. The number of halogens is 1. The van der Waals surface area contributed by atoms with Crippen molar-refractivity contribution in [1.29, 1.82) is 0 Å². The number of nitrogens with two attached hydrogens (primary N) is 2. The first-order chi connectivity index (χ1) is 12.0. The lowest BCUT2D eigenvalue weighted by molar-refractivity contribution is -0.139. The predicted octanol–water partition coefficient (Wildman–Crippen LogP) is 2.58. The standard InChI is InChI=1S/C17H24ClN3O4/c1-2-23-17(22)15(21-20)16(19)25-12-8-9-13(18)14(10-12)24-11-6-4-3-5-7-11/h8-11,21H,2-7,19-20H2,1H3/b16-15+. The van der Waals surface area contributed by atoms with E-state index in [0.717, 1.165) is 25.7 Å². The number of nitrogens with one attached hydrogen (secondary N) is 1. The molecule has 0 spiro atoms. The van der Waals surface area contributed by atoms with E-state index >= 15 is 0 Å². The fourth-order valence-electron chi connectivity index (χ4n) is 2.61. The molecule has 0 radical (unpaired) electrons. The Morgan fingerprint density at radius 1 is 1.32 bits per heavy atom. The Labute approximate surface area is 152 Å². The molecule has 138 valence electrons. The summed E-state index contributed by atoms with van der Waals surface area (Å²) in [6.45, 7) is 1.87. The molecule has 0 amide bonds. The van der Waals surface area contributed by atoms with Crippen LogP contribution in [0.3, 0.4) is 0 Å². The molecule has 1 saturated carbocycles. The molecule has 5 N–H and O–H groups in total. The zero-order chi connectivity index (χ0) is 18.2. The van der Waals surface area contributed by atoms with Gasteiger partial charge in [0.1, 0.15) is 11.5 Å². The van der Waals surface area contributed by atoms with E-state index in [-0.39, 0.29) is 24.3 Å². The Kier molecular flexibility index (Phi) is 7.21. The van der Waals surface area contributed by atoms with Crippen LogP contribution in [0.1, 0.15) is 39.0 Å². The van der Waals surface area contributed by atoms with Gasteiger partial charge in [-0.2, -0.15) is 0 Å². The zero-order valence-corrected chi connectivity index (χ0v) is 15.0. The lowest BCUT2D eigenvalue weighted by atomic mass is 9.98. The fraction of sp³-hybridized carbons (Fsp3) is 0.471. The summed E-state index contributed by atoms with van der Waals surface area (Å²) >= 11 is 6.20. The highest BCUT2D eigenvalue weighted by atomic mass is 35.5. The first-order valence-electron chi connectivity index (χ1n) is 8.32. The molecule has 25 heavy (non-hydrogen) atoms. The van der Waals surface area contributed by atoms with Gasteiger partial charge < -0.3 is 25.4 Å². The Morgan fingerprint density at radius 2 is 2.04 bits per heavy atom. The summed E-state index contributed by atoms with van der Waals surface area (Å²) in [7, 11) is 0. The van der Waals surface area contributed by atoms with Crippen molar-refractivity contribution < 1.29 is 19.0 Å². The van der Waals surface area contributed by atoms with Crippen molar-refractivity contribution in [3.05, 3.63) is 34.8 Å². The molecule has 1 fully saturated rings. The van der Waals surface area contributed by atoms with Crippen molar-refractivity contribution in [2.24, 2.45) is 11.6 Å². The molecule has 1 aliphatic carbocycles. The maximum Gasteiger partial charge on any atom is 0.361 e. The highest BCUT2D eigenvalue weighted by Gasteiger charge is 2.18. The van der Waals surface area contributed by atoms with Gasteiger partial charge in [0, 0.05) is 6.07 Å². The van der Waals surface area contributed by atoms with E-state index in [1.54, 1.807) is 25.1 Å². The minimum atomic E-state index is -0.699. The summed E-state index contributed by atoms with van der Waals surface area (Å²) in [4.78, 5) is 11.8. The first-order valence-corrected chi connectivity index (χ1v) is 8.70. The van der Waals surface area contributed by atoms with E-state index in [1.807, 2.05) is 0 Å². The average molecular weight is 370 g/mol. The number of ether oxygens (including phenoxy) is 3. The monoisotopic (exact) mass is 369 g/mol. The van der Waals surface area contributed by atoms with Crippen LogP contribution in [-0.4, -0.2) is 18.7 Å². The van der Waals surface area contributed by atoms with Gasteiger partial charge in [-0.25, -0.2) is 4.79 Å². The Hall–Kier alpha value is -2.12. The maximum atomic E-state index is 11.8.